The molecule has 1 heterocycles. The van der Waals surface area contributed by atoms with Gasteiger partial charge in [0.15, 0.2) is 6.29 Å². The molecular formula is C10H14O2Si. The van der Waals surface area contributed by atoms with Gasteiger partial charge in [0.05, 0.1) is 6.61 Å². The van der Waals surface area contributed by atoms with Gasteiger partial charge in [0.2, 0.25) is 8.32 Å². The molecule has 0 radical (unpaired) electrons. The summed E-state index contributed by atoms with van der Waals surface area (Å²) in [5.74, 6) is 0. The third-order valence-corrected chi connectivity index (χ3v) is 4.77. The van der Waals surface area contributed by atoms with E-state index in [1.54, 1.807) is 0 Å². The van der Waals surface area contributed by atoms with Gasteiger partial charge in [-0.1, -0.05) is 30.3 Å². The molecule has 1 aromatic carbocycles. The molecule has 3 heteroatoms. The zero-order valence-corrected chi connectivity index (χ0v) is 8.99. The Balaban J connectivity index is 2.12. The number of benzene rings is 1. The first kappa shape index (κ1) is 8.93. The topological polar surface area (TPSA) is 21.8 Å². The van der Waals surface area contributed by atoms with Crippen LogP contribution in [0, 0.1) is 0 Å². The summed E-state index contributed by atoms with van der Waals surface area (Å²) in [6, 6.07) is 10.4. The molecule has 1 aromatic rings. The summed E-state index contributed by atoms with van der Waals surface area (Å²) in [4.78, 5) is 0. The van der Waals surface area contributed by atoms with E-state index in [0.717, 1.165) is 6.61 Å². The van der Waals surface area contributed by atoms with E-state index in [4.69, 9.17) is 9.16 Å². The Kier molecular flexibility index (Phi) is 2.23. The van der Waals surface area contributed by atoms with Gasteiger partial charge >= 0.3 is 0 Å². The Bertz CT molecular complexity index is 280. The van der Waals surface area contributed by atoms with Crippen LogP contribution in [0.5, 0.6) is 0 Å². The summed E-state index contributed by atoms with van der Waals surface area (Å²) in [5.41, 5.74) is 0. The summed E-state index contributed by atoms with van der Waals surface area (Å²) >= 11 is 0. The zero-order valence-electron chi connectivity index (χ0n) is 7.99. The van der Waals surface area contributed by atoms with Gasteiger partial charge in [-0.05, 0) is 18.3 Å². The first-order chi connectivity index (χ1) is 6.18. The molecule has 0 N–H and O–H groups in total. The molecule has 1 fully saturated rings. The molecule has 13 heavy (non-hydrogen) atoms. The monoisotopic (exact) mass is 194 g/mol. The molecule has 0 saturated carbocycles. The van der Waals surface area contributed by atoms with Crippen molar-refractivity contribution in [2.75, 3.05) is 6.61 Å². The van der Waals surface area contributed by atoms with Crippen LogP contribution in [0.4, 0.5) is 0 Å². The summed E-state index contributed by atoms with van der Waals surface area (Å²) in [5, 5.41) is 1.32. The molecule has 2 rings (SSSR count). The molecule has 1 unspecified atom stereocenters. The van der Waals surface area contributed by atoms with Crippen molar-refractivity contribution in [1.29, 1.82) is 0 Å². The predicted molar refractivity (Wildman–Crippen MR) is 54.4 cm³/mol. The summed E-state index contributed by atoms with van der Waals surface area (Å²) < 4.78 is 10.9. The number of ether oxygens (including phenoxy) is 1. The van der Waals surface area contributed by atoms with E-state index in [9.17, 15) is 0 Å². The first-order valence-electron chi connectivity index (χ1n) is 4.53. The van der Waals surface area contributed by atoms with Crippen LogP contribution in [0.25, 0.3) is 0 Å². The lowest BCUT2D eigenvalue weighted by molar-refractivity contribution is 0.175. The van der Waals surface area contributed by atoms with Crippen molar-refractivity contribution in [2.45, 2.75) is 19.4 Å². The lowest BCUT2D eigenvalue weighted by Crippen LogP contribution is -2.45. The van der Waals surface area contributed by atoms with Crippen molar-refractivity contribution in [1.82, 2.24) is 0 Å². The van der Waals surface area contributed by atoms with Crippen LogP contribution >= 0.6 is 0 Å². The van der Waals surface area contributed by atoms with Crippen LogP contribution in [-0.2, 0) is 9.16 Å². The second-order valence-electron chi connectivity index (χ2n) is 3.76. The highest BCUT2D eigenvalue weighted by molar-refractivity contribution is 6.84. The van der Waals surface area contributed by atoms with Gasteiger partial charge in [-0.25, -0.2) is 0 Å². The fourth-order valence-corrected chi connectivity index (χ4v) is 3.27. The largest absolute Gasteiger partial charge is 0.387 e. The lowest BCUT2D eigenvalue weighted by Gasteiger charge is -2.21. The summed E-state index contributed by atoms with van der Waals surface area (Å²) in [6.45, 7) is 5.16. The highest BCUT2D eigenvalue weighted by Crippen LogP contribution is 2.17. The molecule has 0 bridgehead atoms. The second kappa shape index (κ2) is 3.25. The van der Waals surface area contributed by atoms with E-state index < -0.39 is 8.32 Å². The quantitative estimate of drug-likeness (QED) is 0.537. The SMILES string of the molecule is C[Si](C)(OC1CO1)c1ccccc1. The van der Waals surface area contributed by atoms with Crippen molar-refractivity contribution in [3.63, 3.8) is 0 Å². The van der Waals surface area contributed by atoms with E-state index in [1.807, 2.05) is 6.07 Å². The lowest BCUT2D eigenvalue weighted by atomic mass is 10.4. The van der Waals surface area contributed by atoms with E-state index in [2.05, 4.69) is 37.4 Å². The van der Waals surface area contributed by atoms with Crippen LogP contribution in [0.1, 0.15) is 0 Å². The van der Waals surface area contributed by atoms with Crippen molar-refractivity contribution in [3.05, 3.63) is 30.3 Å². The molecule has 1 aliphatic rings. The molecule has 1 atom stereocenters. The highest BCUT2D eigenvalue weighted by Gasteiger charge is 2.34. The smallest absolute Gasteiger partial charge is 0.221 e. The molecule has 70 valence electrons. The van der Waals surface area contributed by atoms with Gasteiger partial charge in [-0.3, -0.25) is 0 Å². The maximum Gasteiger partial charge on any atom is 0.221 e. The molecule has 0 aliphatic carbocycles. The number of epoxide rings is 1. The maximum atomic E-state index is 5.85. The van der Waals surface area contributed by atoms with E-state index in [0.29, 0.717) is 0 Å². The molecule has 0 aromatic heterocycles. The fourth-order valence-electron chi connectivity index (χ4n) is 1.34. The first-order valence-corrected chi connectivity index (χ1v) is 7.44. The normalized spacial score (nSPS) is 21.5. The number of rotatable bonds is 3. The van der Waals surface area contributed by atoms with Crippen LogP contribution in [0.2, 0.25) is 13.1 Å². The number of hydrogen-bond acceptors (Lipinski definition) is 2. The average molecular weight is 194 g/mol. The second-order valence-corrected chi connectivity index (χ2v) is 7.59. The molecule has 1 aliphatic heterocycles. The Labute approximate surface area is 79.6 Å². The summed E-state index contributed by atoms with van der Waals surface area (Å²) in [6.07, 6.45) is 0.0712. The molecule has 0 amide bonds. The molecule has 0 spiro atoms. The zero-order chi connectivity index (χ0) is 9.31. The van der Waals surface area contributed by atoms with Crippen LogP contribution < -0.4 is 5.19 Å². The van der Waals surface area contributed by atoms with Crippen molar-refractivity contribution in [3.8, 4) is 0 Å². The standard InChI is InChI=1S/C10H14O2Si/c1-13(2,12-10-8-11-10)9-6-4-3-5-7-9/h3-7,10H,8H2,1-2H3. The minimum Gasteiger partial charge on any atom is -0.387 e. The van der Waals surface area contributed by atoms with Crippen molar-refractivity contribution < 1.29 is 9.16 Å². The van der Waals surface area contributed by atoms with Gasteiger partial charge in [0.1, 0.15) is 0 Å². The van der Waals surface area contributed by atoms with Gasteiger partial charge in [-0.15, -0.1) is 0 Å². The third-order valence-electron chi connectivity index (χ3n) is 2.20. The van der Waals surface area contributed by atoms with Crippen molar-refractivity contribution in [2.24, 2.45) is 0 Å². The van der Waals surface area contributed by atoms with Gasteiger partial charge in [-0.2, -0.15) is 0 Å². The van der Waals surface area contributed by atoms with Gasteiger partial charge in [0, 0.05) is 0 Å². The third kappa shape index (κ3) is 2.18. The van der Waals surface area contributed by atoms with E-state index >= 15 is 0 Å². The Morgan fingerprint density at radius 1 is 1.31 bits per heavy atom. The van der Waals surface area contributed by atoms with Crippen LogP contribution in [0.3, 0.4) is 0 Å². The number of hydrogen-bond donors (Lipinski definition) is 0. The van der Waals surface area contributed by atoms with Crippen LogP contribution in [-0.4, -0.2) is 21.2 Å². The predicted octanol–water partition coefficient (Wildman–Crippen LogP) is 1.47. The fraction of sp³-hybridized carbons (Fsp3) is 0.400. The minimum atomic E-state index is -1.71. The Morgan fingerprint density at radius 2 is 1.92 bits per heavy atom. The average Bonchev–Trinajstić information content (AvgIpc) is 2.89. The van der Waals surface area contributed by atoms with Gasteiger partial charge < -0.3 is 9.16 Å². The van der Waals surface area contributed by atoms with Gasteiger partial charge in [0.25, 0.3) is 0 Å². The highest BCUT2D eigenvalue weighted by atomic mass is 28.4. The molecular weight excluding hydrogens is 180 g/mol. The molecule has 2 nitrogen and oxygen atoms in total. The van der Waals surface area contributed by atoms with E-state index in [-0.39, 0.29) is 6.29 Å². The van der Waals surface area contributed by atoms with E-state index in [1.165, 1.54) is 5.19 Å². The maximum absolute atomic E-state index is 5.85. The Hall–Kier alpha value is -0.643. The molecule has 1 saturated heterocycles. The Morgan fingerprint density at radius 3 is 2.46 bits per heavy atom. The minimum absolute atomic E-state index is 0.0712. The van der Waals surface area contributed by atoms with Crippen molar-refractivity contribution >= 4 is 13.5 Å². The van der Waals surface area contributed by atoms with Crippen LogP contribution in [0.15, 0.2) is 30.3 Å². The summed E-state index contributed by atoms with van der Waals surface area (Å²) in [7, 11) is -1.71.